The molecule has 23 heavy (non-hydrogen) atoms. The largest absolute Gasteiger partial charge is 0.192 e. The maximum Gasteiger partial charge on any atom is 0.0991 e. The van der Waals surface area contributed by atoms with E-state index in [1.54, 1.807) is 0 Å². The summed E-state index contributed by atoms with van der Waals surface area (Å²) in [5.74, 6) is 0.891. The molecule has 0 amide bonds. The molecule has 1 heteroatoms. The van der Waals surface area contributed by atoms with Crippen LogP contribution in [-0.4, -0.2) is 0 Å². The summed E-state index contributed by atoms with van der Waals surface area (Å²) in [4.78, 5) is 0. The fourth-order valence-corrected chi connectivity index (χ4v) is 4.54. The van der Waals surface area contributed by atoms with Crippen molar-refractivity contribution in [3.63, 3.8) is 0 Å². The predicted octanol–water partition coefficient (Wildman–Crippen LogP) is 6.66. The Morgan fingerprint density at radius 3 is 2.39 bits per heavy atom. The van der Waals surface area contributed by atoms with Gasteiger partial charge in [0.15, 0.2) is 0 Å². The standard InChI is InChI=1S/C22H33N/c1-3-9-19(2)22(15-6-4-7-16-22)17-8-5-10-20-11-13-21(18-23)14-12-20/h11-14,19H,3-10,15-17H2,1-2H3. The highest BCUT2D eigenvalue weighted by Gasteiger charge is 2.35. The maximum absolute atomic E-state index is 8.86. The van der Waals surface area contributed by atoms with E-state index in [1.165, 1.54) is 69.8 Å². The van der Waals surface area contributed by atoms with Crippen LogP contribution in [0.25, 0.3) is 0 Å². The summed E-state index contributed by atoms with van der Waals surface area (Å²) in [5, 5.41) is 8.86. The number of benzene rings is 1. The molecule has 1 aromatic carbocycles. The predicted molar refractivity (Wildman–Crippen MR) is 98.3 cm³/mol. The molecule has 2 rings (SSSR count). The molecule has 126 valence electrons. The second kappa shape index (κ2) is 9.11. The molecule has 0 N–H and O–H groups in total. The maximum atomic E-state index is 8.86. The topological polar surface area (TPSA) is 23.8 Å². The van der Waals surface area contributed by atoms with E-state index >= 15 is 0 Å². The minimum absolute atomic E-state index is 0.638. The Bertz CT molecular complexity index is 488. The molecule has 1 atom stereocenters. The summed E-state index contributed by atoms with van der Waals surface area (Å²) in [6, 6.07) is 10.3. The van der Waals surface area contributed by atoms with Crippen molar-refractivity contribution in [3.8, 4) is 6.07 Å². The summed E-state index contributed by atoms with van der Waals surface area (Å²) < 4.78 is 0. The monoisotopic (exact) mass is 311 g/mol. The fraction of sp³-hybridized carbons (Fsp3) is 0.682. The van der Waals surface area contributed by atoms with E-state index in [1.807, 2.05) is 12.1 Å². The molecule has 1 fully saturated rings. The highest BCUT2D eigenvalue weighted by molar-refractivity contribution is 5.31. The molecule has 0 saturated heterocycles. The molecule has 1 aromatic rings. The number of hydrogen-bond donors (Lipinski definition) is 0. The summed E-state index contributed by atoms with van der Waals surface area (Å²) >= 11 is 0. The summed E-state index contributed by atoms with van der Waals surface area (Å²) in [5.41, 5.74) is 2.78. The van der Waals surface area contributed by atoms with Crippen LogP contribution < -0.4 is 0 Å². The van der Waals surface area contributed by atoms with Gasteiger partial charge in [-0.25, -0.2) is 0 Å². The minimum atomic E-state index is 0.638. The average Bonchev–Trinajstić information content (AvgIpc) is 2.60. The molecule has 1 saturated carbocycles. The van der Waals surface area contributed by atoms with Gasteiger partial charge >= 0.3 is 0 Å². The molecule has 0 spiro atoms. The number of rotatable bonds is 8. The highest BCUT2D eigenvalue weighted by Crippen LogP contribution is 2.48. The minimum Gasteiger partial charge on any atom is -0.192 e. The Morgan fingerprint density at radius 2 is 1.78 bits per heavy atom. The zero-order valence-electron chi connectivity index (χ0n) is 15.1. The Kier molecular flexibility index (Phi) is 7.15. The van der Waals surface area contributed by atoms with Crippen molar-refractivity contribution < 1.29 is 0 Å². The van der Waals surface area contributed by atoms with E-state index in [9.17, 15) is 0 Å². The van der Waals surface area contributed by atoms with Crippen molar-refractivity contribution >= 4 is 0 Å². The third kappa shape index (κ3) is 5.10. The molecule has 1 nitrogen and oxygen atoms in total. The van der Waals surface area contributed by atoms with Gasteiger partial charge in [-0.2, -0.15) is 5.26 Å². The van der Waals surface area contributed by atoms with Crippen LogP contribution in [-0.2, 0) is 6.42 Å². The summed E-state index contributed by atoms with van der Waals surface area (Å²) in [7, 11) is 0. The van der Waals surface area contributed by atoms with E-state index in [2.05, 4.69) is 32.0 Å². The zero-order valence-corrected chi connectivity index (χ0v) is 15.1. The number of hydrogen-bond acceptors (Lipinski definition) is 1. The van der Waals surface area contributed by atoms with Crippen LogP contribution in [0.2, 0.25) is 0 Å². The van der Waals surface area contributed by atoms with Gasteiger partial charge in [-0.05, 0) is 61.1 Å². The first-order chi connectivity index (χ1) is 11.2. The fourth-order valence-electron chi connectivity index (χ4n) is 4.54. The van der Waals surface area contributed by atoms with Gasteiger partial charge in [0.1, 0.15) is 0 Å². The smallest absolute Gasteiger partial charge is 0.0991 e. The third-order valence-electron chi connectivity index (χ3n) is 6.09. The van der Waals surface area contributed by atoms with E-state index < -0.39 is 0 Å². The van der Waals surface area contributed by atoms with Crippen molar-refractivity contribution in [2.24, 2.45) is 11.3 Å². The van der Waals surface area contributed by atoms with Gasteiger partial charge in [0, 0.05) is 0 Å². The van der Waals surface area contributed by atoms with Gasteiger partial charge < -0.3 is 0 Å². The van der Waals surface area contributed by atoms with Crippen molar-refractivity contribution in [2.75, 3.05) is 0 Å². The lowest BCUT2D eigenvalue weighted by Crippen LogP contribution is -2.31. The van der Waals surface area contributed by atoms with Crippen molar-refractivity contribution in [3.05, 3.63) is 35.4 Å². The molecule has 0 radical (unpaired) electrons. The lowest BCUT2D eigenvalue weighted by Gasteiger charge is -2.43. The molecule has 1 aliphatic rings. The lowest BCUT2D eigenvalue weighted by atomic mass is 9.63. The Labute approximate surface area is 143 Å². The quantitative estimate of drug-likeness (QED) is 0.492. The number of nitrogens with zero attached hydrogens (tertiary/aromatic N) is 1. The van der Waals surface area contributed by atoms with Gasteiger partial charge in [0.25, 0.3) is 0 Å². The van der Waals surface area contributed by atoms with Crippen molar-refractivity contribution in [2.45, 2.75) is 84.5 Å². The van der Waals surface area contributed by atoms with Crippen LogP contribution in [0.5, 0.6) is 0 Å². The van der Waals surface area contributed by atoms with E-state index in [0.29, 0.717) is 5.41 Å². The molecule has 0 bridgehead atoms. The second-order valence-electron chi connectivity index (χ2n) is 7.63. The molecular formula is C22H33N. The Morgan fingerprint density at radius 1 is 1.09 bits per heavy atom. The van der Waals surface area contributed by atoms with Gasteiger partial charge in [0.05, 0.1) is 11.6 Å². The number of nitriles is 1. The molecule has 0 aromatic heterocycles. The van der Waals surface area contributed by atoms with E-state index in [4.69, 9.17) is 5.26 Å². The van der Waals surface area contributed by atoms with Gasteiger partial charge in [-0.15, -0.1) is 0 Å². The normalized spacial score (nSPS) is 18.3. The lowest BCUT2D eigenvalue weighted by molar-refractivity contribution is 0.0845. The number of unbranched alkanes of at least 4 members (excludes halogenated alkanes) is 1. The van der Waals surface area contributed by atoms with Crippen LogP contribution >= 0.6 is 0 Å². The van der Waals surface area contributed by atoms with Crippen LogP contribution in [0.3, 0.4) is 0 Å². The molecule has 0 aliphatic heterocycles. The first-order valence-corrected chi connectivity index (χ1v) is 9.69. The second-order valence-corrected chi connectivity index (χ2v) is 7.63. The average molecular weight is 312 g/mol. The van der Waals surface area contributed by atoms with Crippen LogP contribution in [0.15, 0.2) is 24.3 Å². The van der Waals surface area contributed by atoms with Crippen LogP contribution in [0, 0.1) is 22.7 Å². The SMILES string of the molecule is CCCC(C)C1(CCCCc2ccc(C#N)cc2)CCCCC1. The summed E-state index contributed by atoms with van der Waals surface area (Å²) in [6.07, 6.45) is 15.2. The van der Waals surface area contributed by atoms with E-state index in [-0.39, 0.29) is 0 Å². The number of aryl methyl sites for hydroxylation is 1. The molecular weight excluding hydrogens is 278 g/mol. The zero-order chi connectivity index (χ0) is 16.5. The molecule has 1 unspecified atom stereocenters. The molecule has 0 heterocycles. The first kappa shape index (κ1) is 18.1. The van der Waals surface area contributed by atoms with E-state index in [0.717, 1.165) is 17.9 Å². The molecule has 1 aliphatic carbocycles. The highest BCUT2D eigenvalue weighted by atomic mass is 14.4. The van der Waals surface area contributed by atoms with Crippen molar-refractivity contribution in [1.29, 1.82) is 5.26 Å². The van der Waals surface area contributed by atoms with Crippen LogP contribution in [0.1, 0.15) is 89.2 Å². The van der Waals surface area contributed by atoms with Gasteiger partial charge in [0.2, 0.25) is 0 Å². The Hall–Kier alpha value is -1.29. The summed E-state index contributed by atoms with van der Waals surface area (Å²) in [6.45, 7) is 4.84. The Balaban J connectivity index is 1.82. The first-order valence-electron chi connectivity index (χ1n) is 9.69. The van der Waals surface area contributed by atoms with Gasteiger partial charge in [-0.3, -0.25) is 0 Å². The third-order valence-corrected chi connectivity index (χ3v) is 6.09. The van der Waals surface area contributed by atoms with Crippen molar-refractivity contribution in [1.82, 2.24) is 0 Å². The van der Waals surface area contributed by atoms with Crippen LogP contribution in [0.4, 0.5) is 0 Å². The van der Waals surface area contributed by atoms with Gasteiger partial charge in [-0.1, -0.05) is 64.5 Å².